The standard InChI is InChI=1S/C38H37NO/c1-7-12-28-17-18-29-20-22-35(34-21-19-27(8-2)36(28)37(29)34)39(31-15-10-13-26(6)23-31)32-16-11-14-30(24-32)33(9-3)38(40)25(4)5/h9-24,40H,3-4,7-8H2,1-2,5-6H3/b28-12-,38-33-. The Morgan fingerprint density at radius 2 is 1.60 bits per heavy atom. The van der Waals surface area contributed by atoms with Crippen LogP contribution in [-0.4, -0.2) is 5.11 Å². The molecule has 0 aliphatic carbocycles. The van der Waals surface area contributed by atoms with Crippen molar-refractivity contribution in [2.24, 2.45) is 0 Å². The molecule has 0 fully saturated rings. The van der Waals surface area contributed by atoms with Gasteiger partial charge in [0.05, 0.1) is 5.69 Å². The van der Waals surface area contributed by atoms with E-state index in [0.29, 0.717) is 11.1 Å². The van der Waals surface area contributed by atoms with E-state index in [1.807, 2.05) is 12.1 Å². The number of rotatable bonds is 8. The quantitative estimate of drug-likeness (QED) is 0.161. The maximum Gasteiger partial charge on any atom is 0.125 e. The van der Waals surface area contributed by atoms with Crippen molar-refractivity contribution in [1.29, 1.82) is 0 Å². The molecule has 0 bridgehead atoms. The van der Waals surface area contributed by atoms with Gasteiger partial charge in [0.1, 0.15) is 5.76 Å². The van der Waals surface area contributed by atoms with Crippen LogP contribution < -0.4 is 10.1 Å². The van der Waals surface area contributed by atoms with Crippen molar-refractivity contribution in [1.82, 2.24) is 0 Å². The minimum Gasteiger partial charge on any atom is -0.507 e. The van der Waals surface area contributed by atoms with Gasteiger partial charge in [0, 0.05) is 22.3 Å². The topological polar surface area (TPSA) is 23.5 Å². The zero-order valence-electron chi connectivity index (χ0n) is 24.0. The van der Waals surface area contributed by atoms with Gasteiger partial charge in [0.15, 0.2) is 0 Å². The Balaban J connectivity index is 1.85. The SMILES string of the molecule is C=C/C(=C(/O)C(=C)C)c1cccc(N(c2cccc(C)c2)c2ccc3cc/c(=C/CC)c4c(CC)ccc2c34)c1. The van der Waals surface area contributed by atoms with Crippen LogP contribution in [0.5, 0.6) is 0 Å². The molecule has 0 heterocycles. The second-order valence-corrected chi connectivity index (χ2v) is 10.4. The normalized spacial score (nSPS) is 12.6. The molecule has 0 unspecified atom stereocenters. The van der Waals surface area contributed by atoms with Gasteiger partial charge in [0.25, 0.3) is 0 Å². The van der Waals surface area contributed by atoms with Crippen LogP contribution in [0.15, 0.2) is 115 Å². The molecular weight excluding hydrogens is 486 g/mol. The average Bonchev–Trinajstić information content (AvgIpc) is 2.96. The Morgan fingerprint density at radius 1 is 0.875 bits per heavy atom. The smallest absolute Gasteiger partial charge is 0.125 e. The molecule has 0 atom stereocenters. The number of hydrogen-bond acceptors (Lipinski definition) is 2. The molecule has 0 aliphatic heterocycles. The van der Waals surface area contributed by atoms with Gasteiger partial charge >= 0.3 is 0 Å². The van der Waals surface area contributed by atoms with Crippen LogP contribution in [0.4, 0.5) is 17.1 Å². The molecule has 0 saturated carbocycles. The summed E-state index contributed by atoms with van der Waals surface area (Å²) in [5, 5.41) is 17.2. The average molecular weight is 524 g/mol. The van der Waals surface area contributed by atoms with E-state index in [1.165, 1.54) is 37.9 Å². The Hall–Kier alpha value is -4.56. The number of hydrogen-bond donors (Lipinski definition) is 1. The molecule has 0 amide bonds. The fourth-order valence-electron chi connectivity index (χ4n) is 5.70. The Bertz CT molecular complexity index is 1840. The molecule has 0 spiro atoms. The first-order chi connectivity index (χ1) is 19.4. The third kappa shape index (κ3) is 4.82. The van der Waals surface area contributed by atoms with Crippen LogP contribution in [-0.2, 0) is 6.42 Å². The van der Waals surface area contributed by atoms with Crippen molar-refractivity contribution in [3.8, 4) is 0 Å². The van der Waals surface area contributed by atoms with E-state index in [9.17, 15) is 5.11 Å². The van der Waals surface area contributed by atoms with E-state index >= 15 is 0 Å². The number of anilines is 3. The predicted octanol–water partition coefficient (Wildman–Crippen LogP) is 10.3. The van der Waals surface area contributed by atoms with E-state index in [0.717, 1.165) is 35.5 Å². The van der Waals surface area contributed by atoms with Gasteiger partial charge in [-0.2, -0.15) is 0 Å². The second-order valence-electron chi connectivity index (χ2n) is 10.4. The van der Waals surface area contributed by atoms with Crippen LogP contribution in [0, 0.1) is 6.92 Å². The van der Waals surface area contributed by atoms with Crippen molar-refractivity contribution in [2.45, 2.75) is 40.5 Å². The minimum absolute atomic E-state index is 0.157. The molecule has 5 aromatic rings. The lowest BCUT2D eigenvalue weighted by atomic mass is 9.92. The molecule has 0 aliphatic rings. The van der Waals surface area contributed by atoms with Crippen molar-refractivity contribution >= 4 is 50.3 Å². The molecule has 0 radical (unpaired) electrons. The van der Waals surface area contributed by atoms with E-state index in [-0.39, 0.29) is 5.76 Å². The highest BCUT2D eigenvalue weighted by atomic mass is 16.3. The monoisotopic (exact) mass is 523 g/mol. The lowest BCUT2D eigenvalue weighted by Crippen LogP contribution is -2.12. The fraction of sp³-hybridized carbons (Fsp3) is 0.158. The number of benzene rings is 5. The predicted molar refractivity (Wildman–Crippen MR) is 175 cm³/mol. The fourth-order valence-corrected chi connectivity index (χ4v) is 5.70. The zero-order chi connectivity index (χ0) is 28.4. The Morgan fingerprint density at radius 3 is 2.27 bits per heavy atom. The summed E-state index contributed by atoms with van der Waals surface area (Å²) in [7, 11) is 0. The molecule has 5 rings (SSSR count). The highest BCUT2D eigenvalue weighted by Crippen LogP contribution is 2.42. The van der Waals surface area contributed by atoms with Crippen LogP contribution in [0.2, 0.25) is 0 Å². The number of aliphatic hydroxyl groups is 1. The van der Waals surface area contributed by atoms with Gasteiger partial charge in [0.2, 0.25) is 0 Å². The van der Waals surface area contributed by atoms with Crippen molar-refractivity contribution in [3.63, 3.8) is 0 Å². The summed E-state index contributed by atoms with van der Waals surface area (Å²) in [5.74, 6) is 0.157. The second kappa shape index (κ2) is 11.3. The molecule has 1 N–H and O–H groups in total. The van der Waals surface area contributed by atoms with Gasteiger partial charge in [-0.05, 0) is 101 Å². The first-order valence-corrected chi connectivity index (χ1v) is 14.0. The number of nitrogens with zero attached hydrogens (tertiary/aromatic N) is 1. The first-order valence-electron chi connectivity index (χ1n) is 14.0. The maximum absolute atomic E-state index is 10.8. The molecule has 5 aromatic carbocycles. The molecule has 40 heavy (non-hydrogen) atoms. The van der Waals surface area contributed by atoms with E-state index in [2.05, 4.69) is 118 Å². The van der Waals surface area contributed by atoms with Crippen molar-refractivity contribution in [2.75, 3.05) is 4.90 Å². The summed E-state index contributed by atoms with van der Waals surface area (Å²) in [6.45, 7) is 16.3. The van der Waals surface area contributed by atoms with Crippen LogP contribution in [0.1, 0.15) is 43.9 Å². The number of aryl methyl sites for hydroxylation is 2. The van der Waals surface area contributed by atoms with Gasteiger partial charge in [-0.1, -0.05) is 93.8 Å². The summed E-state index contributed by atoms with van der Waals surface area (Å²) in [4.78, 5) is 2.32. The molecule has 2 heteroatoms. The lowest BCUT2D eigenvalue weighted by Gasteiger charge is -2.28. The van der Waals surface area contributed by atoms with Gasteiger partial charge in [-0.15, -0.1) is 0 Å². The Kier molecular flexibility index (Phi) is 7.62. The summed E-state index contributed by atoms with van der Waals surface area (Å²) < 4.78 is 0. The van der Waals surface area contributed by atoms with Gasteiger partial charge in [-0.3, -0.25) is 0 Å². The summed E-state index contributed by atoms with van der Waals surface area (Å²) in [5.41, 5.74) is 7.93. The molecule has 2 nitrogen and oxygen atoms in total. The lowest BCUT2D eigenvalue weighted by molar-refractivity contribution is 0.427. The Labute approximate surface area is 237 Å². The number of aliphatic hydroxyl groups excluding tert-OH is 1. The summed E-state index contributed by atoms with van der Waals surface area (Å²) >= 11 is 0. The summed E-state index contributed by atoms with van der Waals surface area (Å²) in [6, 6.07) is 30.5. The largest absolute Gasteiger partial charge is 0.507 e. The molecule has 0 aromatic heterocycles. The van der Waals surface area contributed by atoms with Gasteiger partial charge < -0.3 is 10.0 Å². The van der Waals surface area contributed by atoms with Crippen molar-refractivity contribution < 1.29 is 5.11 Å². The molecule has 0 saturated heterocycles. The van der Waals surface area contributed by atoms with Gasteiger partial charge in [-0.25, -0.2) is 0 Å². The molecular formula is C38H37NO. The first kappa shape index (κ1) is 27.0. The summed E-state index contributed by atoms with van der Waals surface area (Å²) in [6.07, 6.45) is 6.00. The third-order valence-electron chi connectivity index (χ3n) is 7.59. The third-order valence-corrected chi connectivity index (χ3v) is 7.59. The van der Waals surface area contributed by atoms with Crippen molar-refractivity contribution in [3.05, 3.63) is 137 Å². The zero-order valence-corrected chi connectivity index (χ0v) is 24.0. The van der Waals surface area contributed by atoms with Crippen LogP contribution >= 0.6 is 0 Å². The van der Waals surface area contributed by atoms with Crippen LogP contribution in [0.3, 0.4) is 0 Å². The number of allylic oxidation sites excluding steroid dienone is 3. The highest BCUT2D eigenvalue weighted by Gasteiger charge is 2.19. The van der Waals surface area contributed by atoms with E-state index in [1.54, 1.807) is 13.0 Å². The van der Waals surface area contributed by atoms with E-state index in [4.69, 9.17) is 0 Å². The molecule has 200 valence electrons. The highest BCUT2D eigenvalue weighted by molar-refractivity contribution is 6.17. The maximum atomic E-state index is 10.8. The minimum atomic E-state index is 0.157. The van der Waals surface area contributed by atoms with E-state index < -0.39 is 0 Å². The van der Waals surface area contributed by atoms with Crippen LogP contribution in [0.25, 0.3) is 33.2 Å².